The Hall–Kier alpha value is -2.31. The van der Waals surface area contributed by atoms with Crippen LogP contribution in [0.4, 0.5) is 22.0 Å². The molecule has 0 amide bonds. The van der Waals surface area contributed by atoms with E-state index >= 15 is 0 Å². The van der Waals surface area contributed by atoms with Gasteiger partial charge in [0.05, 0.1) is 5.56 Å². The molecule has 0 aromatic heterocycles. The molecule has 0 radical (unpaired) electrons. The maximum Gasteiger partial charge on any atom is 0.573 e. The third kappa shape index (κ3) is 7.13. The molecule has 198 valence electrons. The van der Waals surface area contributed by atoms with Crippen molar-refractivity contribution in [3.05, 3.63) is 59.7 Å². The Kier molecular flexibility index (Phi) is 8.46. The standard InChI is InChI=1S/C29H35F5O2/c1-2-3-20-4-6-21(7-5-20)22-8-10-23(11-9-22)24-12-14-25(15-13-24)28(30,31)35-26-16-18-27(19-17-26)36-29(32,33)34/h12-23H,2-11H2,1H3. The van der Waals surface area contributed by atoms with Gasteiger partial charge in [0.1, 0.15) is 11.5 Å². The summed E-state index contributed by atoms with van der Waals surface area (Å²) >= 11 is 0. The number of halogens is 5. The molecule has 2 fully saturated rings. The van der Waals surface area contributed by atoms with Gasteiger partial charge in [-0.25, -0.2) is 0 Å². The third-order valence-electron chi connectivity index (χ3n) is 8.05. The van der Waals surface area contributed by atoms with Crippen LogP contribution < -0.4 is 9.47 Å². The molecule has 2 aromatic rings. The zero-order valence-electron chi connectivity index (χ0n) is 20.7. The van der Waals surface area contributed by atoms with E-state index in [1.54, 1.807) is 12.1 Å². The van der Waals surface area contributed by atoms with Crippen molar-refractivity contribution in [1.82, 2.24) is 0 Å². The van der Waals surface area contributed by atoms with Gasteiger partial charge in [-0.05, 0) is 104 Å². The topological polar surface area (TPSA) is 18.5 Å². The molecule has 0 unspecified atom stereocenters. The fourth-order valence-electron chi connectivity index (χ4n) is 6.15. The predicted molar refractivity (Wildman–Crippen MR) is 129 cm³/mol. The first-order valence-electron chi connectivity index (χ1n) is 13.2. The van der Waals surface area contributed by atoms with Crippen LogP contribution in [0.15, 0.2) is 48.5 Å². The highest BCUT2D eigenvalue weighted by molar-refractivity contribution is 5.33. The van der Waals surface area contributed by atoms with E-state index in [0.717, 1.165) is 60.4 Å². The Bertz CT molecular complexity index is 939. The molecule has 0 N–H and O–H groups in total. The highest BCUT2D eigenvalue weighted by Gasteiger charge is 2.36. The largest absolute Gasteiger partial charge is 0.573 e. The normalized spacial score (nSPS) is 25.4. The van der Waals surface area contributed by atoms with Crippen LogP contribution in [0.1, 0.15) is 88.2 Å². The van der Waals surface area contributed by atoms with Crippen molar-refractivity contribution in [2.45, 2.75) is 89.5 Å². The number of benzene rings is 2. The Balaban J connectivity index is 1.29. The van der Waals surface area contributed by atoms with Crippen molar-refractivity contribution in [3.63, 3.8) is 0 Å². The van der Waals surface area contributed by atoms with Crippen molar-refractivity contribution < 1.29 is 31.4 Å². The number of hydrogen-bond acceptors (Lipinski definition) is 2. The van der Waals surface area contributed by atoms with E-state index in [9.17, 15) is 22.0 Å². The van der Waals surface area contributed by atoms with Gasteiger partial charge in [-0.1, -0.05) is 44.7 Å². The second-order valence-electron chi connectivity index (χ2n) is 10.4. The zero-order chi connectivity index (χ0) is 25.8. The average molecular weight is 511 g/mol. The lowest BCUT2D eigenvalue weighted by Gasteiger charge is -2.38. The first kappa shape index (κ1) is 26.7. The molecule has 36 heavy (non-hydrogen) atoms. The van der Waals surface area contributed by atoms with Crippen LogP contribution in [0.2, 0.25) is 0 Å². The summed E-state index contributed by atoms with van der Waals surface area (Å²) in [7, 11) is 0. The van der Waals surface area contributed by atoms with Gasteiger partial charge in [-0.2, -0.15) is 8.78 Å². The summed E-state index contributed by atoms with van der Waals surface area (Å²) in [6, 6.07) is 10.2. The van der Waals surface area contributed by atoms with Crippen molar-refractivity contribution in [2.75, 3.05) is 0 Å². The minimum atomic E-state index is -4.85. The van der Waals surface area contributed by atoms with Crippen molar-refractivity contribution in [1.29, 1.82) is 0 Å². The summed E-state index contributed by atoms with van der Waals surface area (Å²) in [5.74, 6) is 2.22. The van der Waals surface area contributed by atoms with E-state index in [-0.39, 0.29) is 11.3 Å². The SMILES string of the molecule is CCCC1CCC(C2CCC(c3ccc(C(F)(F)Oc4ccc(OC(F)(F)F)cc4)cc3)CC2)CC1. The smallest absolute Gasteiger partial charge is 0.429 e. The van der Waals surface area contributed by atoms with Crippen molar-refractivity contribution in [3.8, 4) is 11.5 Å². The van der Waals surface area contributed by atoms with E-state index in [0.29, 0.717) is 5.92 Å². The molecular formula is C29H35F5O2. The molecule has 4 rings (SSSR count). The summed E-state index contributed by atoms with van der Waals surface area (Å²) < 4.78 is 74.7. The molecule has 2 nitrogen and oxygen atoms in total. The van der Waals surface area contributed by atoms with Gasteiger partial charge in [0.15, 0.2) is 0 Å². The third-order valence-corrected chi connectivity index (χ3v) is 8.05. The predicted octanol–water partition coefficient (Wildman–Crippen LogP) is 9.59. The van der Waals surface area contributed by atoms with Crippen LogP contribution in [0.3, 0.4) is 0 Å². The number of hydrogen-bond donors (Lipinski definition) is 0. The number of alkyl halides is 5. The summed E-state index contributed by atoms with van der Waals surface area (Å²) in [5, 5.41) is 0. The molecule has 0 aliphatic heterocycles. The highest BCUT2D eigenvalue weighted by atomic mass is 19.4. The van der Waals surface area contributed by atoms with Gasteiger partial charge < -0.3 is 9.47 Å². The van der Waals surface area contributed by atoms with Gasteiger partial charge >= 0.3 is 12.5 Å². The van der Waals surface area contributed by atoms with Crippen molar-refractivity contribution >= 4 is 0 Å². The molecule has 2 aliphatic rings. The second kappa shape index (κ2) is 11.4. The molecule has 7 heteroatoms. The Morgan fingerprint density at radius 3 is 1.67 bits per heavy atom. The lowest BCUT2D eigenvalue weighted by atomic mass is 9.68. The summed E-state index contributed by atoms with van der Waals surface area (Å²) in [4.78, 5) is 0. The Morgan fingerprint density at radius 1 is 0.667 bits per heavy atom. The monoisotopic (exact) mass is 510 g/mol. The first-order valence-corrected chi connectivity index (χ1v) is 13.2. The molecule has 0 atom stereocenters. The van der Waals surface area contributed by atoms with Crippen LogP contribution >= 0.6 is 0 Å². The lowest BCUT2D eigenvalue weighted by Crippen LogP contribution is -2.25. The summed E-state index contributed by atoms with van der Waals surface area (Å²) in [5.41, 5.74) is 0.785. The molecule has 0 saturated heterocycles. The fraction of sp³-hybridized carbons (Fsp3) is 0.586. The highest BCUT2D eigenvalue weighted by Crippen LogP contribution is 2.45. The molecule has 0 bridgehead atoms. The van der Waals surface area contributed by atoms with Gasteiger partial charge in [-0.3, -0.25) is 0 Å². The summed E-state index contributed by atoms with van der Waals surface area (Å²) in [6.07, 6.45) is 4.28. The van der Waals surface area contributed by atoms with E-state index in [1.807, 2.05) is 0 Å². The van der Waals surface area contributed by atoms with E-state index in [1.165, 1.54) is 63.5 Å². The number of ether oxygens (including phenoxy) is 2. The van der Waals surface area contributed by atoms with E-state index in [2.05, 4.69) is 11.7 Å². The fourth-order valence-corrected chi connectivity index (χ4v) is 6.15. The zero-order valence-corrected chi connectivity index (χ0v) is 20.7. The Labute approximate surface area is 210 Å². The maximum absolute atomic E-state index is 14.7. The molecule has 2 aromatic carbocycles. The van der Waals surface area contributed by atoms with Gasteiger partial charge in [0.25, 0.3) is 0 Å². The van der Waals surface area contributed by atoms with Gasteiger partial charge in [-0.15, -0.1) is 13.2 Å². The molecule has 2 saturated carbocycles. The first-order chi connectivity index (χ1) is 17.1. The Morgan fingerprint density at radius 2 is 1.17 bits per heavy atom. The molecular weight excluding hydrogens is 475 g/mol. The van der Waals surface area contributed by atoms with E-state index < -0.39 is 18.2 Å². The summed E-state index contributed by atoms with van der Waals surface area (Å²) in [6.45, 7) is 2.27. The molecule has 0 spiro atoms. The van der Waals surface area contributed by atoms with E-state index in [4.69, 9.17) is 4.74 Å². The van der Waals surface area contributed by atoms with Gasteiger partial charge in [0, 0.05) is 0 Å². The minimum absolute atomic E-state index is 0.249. The lowest BCUT2D eigenvalue weighted by molar-refractivity contribution is -0.274. The van der Waals surface area contributed by atoms with Crippen LogP contribution in [0.5, 0.6) is 11.5 Å². The van der Waals surface area contributed by atoms with Crippen LogP contribution in [0.25, 0.3) is 0 Å². The van der Waals surface area contributed by atoms with Crippen LogP contribution in [0, 0.1) is 17.8 Å². The minimum Gasteiger partial charge on any atom is -0.429 e. The van der Waals surface area contributed by atoms with Crippen LogP contribution in [-0.2, 0) is 6.11 Å². The molecule has 2 aliphatic carbocycles. The quantitative estimate of drug-likeness (QED) is 0.329. The maximum atomic E-state index is 14.7. The molecule has 0 heterocycles. The second-order valence-corrected chi connectivity index (χ2v) is 10.4. The van der Waals surface area contributed by atoms with Crippen LogP contribution in [-0.4, -0.2) is 6.36 Å². The average Bonchev–Trinajstić information content (AvgIpc) is 2.85. The van der Waals surface area contributed by atoms with Gasteiger partial charge in [0.2, 0.25) is 0 Å². The van der Waals surface area contributed by atoms with Crippen molar-refractivity contribution in [2.24, 2.45) is 17.8 Å². The number of rotatable bonds is 8.